The summed E-state index contributed by atoms with van der Waals surface area (Å²) in [6, 6.07) is 6.93. The Morgan fingerprint density at radius 1 is 1.33 bits per heavy atom. The van der Waals surface area contributed by atoms with Gasteiger partial charge < -0.3 is 10.1 Å². The monoisotopic (exact) mass is 364 g/mol. The molecule has 1 N–H and O–H groups in total. The van der Waals surface area contributed by atoms with E-state index >= 15 is 0 Å². The third-order valence-electron chi connectivity index (χ3n) is 3.21. The van der Waals surface area contributed by atoms with Crippen molar-refractivity contribution in [2.24, 2.45) is 0 Å². The summed E-state index contributed by atoms with van der Waals surface area (Å²) >= 11 is 7.48. The van der Waals surface area contributed by atoms with Gasteiger partial charge >= 0.3 is 5.97 Å². The smallest absolute Gasteiger partial charge is 0.341 e. The molecule has 7 heteroatoms. The average molecular weight is 365 g/mol. The van der Waals surface area contributed by atoms with Gasteiger partial charge in [0, 0.05) is 6.20 Å². The number of thioether (sulfide) groups is 1. The van der Waals surface area contributed by atoms with Gasteiger partial charge in [-0.25, -0.2) is 9.78 Å². The zero-order valence-corrected chi connectivity index (χ0v) is 15.1. The molecule has 1 amide bonds. The minimum Gasteiger partial charge on any atom is -0.452 e. The third-order valence-corrected chi connectivity index (χ3v) is 4.23. The van der Waals surface area contributed by atoms with Gasteiger partial charge in [0.15, 0.2) is 6.61 Å². The Kier molecular flexibility index (Phi) is 6.23. The number of aryl methyl sites for hydroxylation is 2. The Bertz CT molecular complexity index is 757. The van der Waals surface area contributed by atoms with Crippen molar-refractivity contribution in [3.63, 3.8) is 0 Å². The highest BCUT2D eigenvalue weighted by molar-refractivity contribution is 7.98. The van der Waals surface area contributed by atoms with Gasteiger partial charge in [-0.1, -0.05) is 17.7 Å². The molecule has 1 heterocycles. The van der Waals surface area contributed by atoms with Crippen molar-refractivity contribution in [2.45, 2.75) is 18.9 Å². The number of carbonyl (C=O) groups excluding carboxylic acids is 2. The van der Waals surface area contributed by atoms with E-state index in [1.54, 1.807) is 24.4 Å². The number of nitrogens with zero attached hydrogens (tertiary/aromatic N) is 1. The molecule has 24 heavy (non-hydrogen) atoms. The summed E-state index contributed by atoms with van der Waals surface area (Å²) in [6.07, 6.45) is 3.41. The summed E-state index contributed by atoms with van der Waals surface area (Å²) in [4.78, 5) is 28.2. The minimum absolute atomic E-state index is 0.336. The van der Waals surface area contributed by atoms with E-state index in [9.17, 15) is 9.59 Å². The third kappa shape index (κ3) is 4.49. The van der Waals surface area contributed by atoms with Crippen molar-refractivity contribution in [2.75, 3.05) is 18.2 Å². The zero-order chi connectivity index (χ0) is 17.7. The van der Waals surface area contributed by atoms with Crippen molar-refractivity contribution < 1.29 is 14.3 Å². The molecule has 5 nitrogen and oxygen atoms in total. The maximum absolute atomic E-state index is 12.1. The number of amides is 1. The molecule has 0 bridgehead atoms. The molecule has 0 saturated carbocycles. The average Bonchev–Trinajstić information content (AvgIpc) is 2.55. The number of aromatic nitrogens is 1. The van der Waals surface area contributed by atoms with Crippen LogP contribution in [0.3, 0.4) is 0 Å². The van der Waals surface area contributed by atoms with E-state index in [0.29, 0.717) is 21.3 Å². The molecule has 0 radical (unpaired) electrons. The number of hydrogen-bond acceptors (Lipinski definition) is 5. The number of halogens is 1. The first kappa shape index (κ1) is 18.3. The lowest BCUT2D eigenvalue weighted by Gasteiger charge is -2.12. The molecular formula is C17H17ClN2O3S. The van der Waals surface area contributed by atoms with Crippen LogP contribution in [0.4, 0.5) is 5.69 Å². The second kappa shape index (κ2) is 8.17. The number of nitrogens with one attached hydrogen (secondary N) is 1. The highest BCUT2D eigenvalue weighted by Crippen LogP contribution is 2.27. The maximum atomic E-state index is 12.1. The normalized spacial score (nSPS) is 10.3. The fraction of sp³-hybridized carbons (Fsp3) is 0.235. The highest BCUT2D eigenvalue weighted by atomic mass is 35.5. The Morgan fingerprint density at radius 2 is 2.08 bits per heavy atom. The lowest BCUT2D eigenvalue weighted by atomic mass is 10.1. The van der Waals surface area contributed by atoms with Gasteiger partial charge in [-0.15, -0.1) is 11.8 Å². The van der Waals surface area contributed by atoms with Crippen LogP contribution in [0, 0.1) is 13.8 Å². The predicted octanol–water partition coefficient (Wildman–Crippen LogP) is 3.87. The number of pyridine rings is 1. The fourth-order valence-corrected chi connectivity index (χ4v) is 3.07. The van der Waals surface area contributed by atoms with Crippen LogP contribution in [-0.2, 0) is 9.53 Å². The van der Waals surface area contributed by atoms with E-state index < -0.39 is 18.5 Å². The quantitative estimate of drug-likeness (QED) is 0.644. The number of anilines is 1. The topological polar surface area (TPSA) is 68.3 Å². The Labute approximate surface area is 149 Å². The first-order valence-electron chi connectivity index (χ1n) is 7.15. The van der Waals surface area contributed by atoms with Crippen LogP contribution in [0.5, 0.6) is 0 Å². The second-order valence-corrected chi connectivity index (χ2v) is 6.33. The number of benzene rings is 1. The molecule has 2 aromatic rings. The molecule has 0 aliphatic heterocycles. The first-order valence-corrected chi connectivity index (χ1v) is 8.75. The molecule has 0 unspecified atom stereocenters. The predicted molar refractivity (Wildman–Crippen MR) is 95.9 cm³/mol. The van der Waals surface area contributed by atoms with Gasteiger partial charge in [-0.05, 0) is 49.4 Å². The molecule has 0 atom stereocenters. The van der Waals surface area contributed by atoms with Crippen molar-refractivity contribution >= 4 is 40.9 Å². The van der Waals surface area contributed by atoms with E-state index in [2.05, 4.69) is 10.3 Å². The molecule has 2 rings (SSSR count). The minimum atomic E-state index is -0.589. The summed E-state index contributed by atoms with van der Waals surface area (Å²) < 4.78 is 5.06. The Morgan fingerprint density at radius 3 is 2.75 bits per heavy atom. The van der Waals surface area contributed by atoms with Crippen molar-refractivity contribution in [3.8, 4) is 0 Å². The summed E-state index contributed by atoms with van der Waals surface area (Å²) in [5.74, 6) is -1.04. The van der Waals surface area contributed by atoms with Gasteiger partial charge in [0.2, 0.25) is 0 Å². The summed E-state index contributed by atoms with van der Waals surface area (Å²) in [6.45, 7) is 3.37. The summed E-state index contributed by atoms with van der Waals surface area (Å²) in [5, 5.41) is 3.68. The largest absolute Gasteiger partial charge is 0.452 e. The van der Waals surface area contributed by atoms with Crippen molar-refractivity contribution in [1.82, 2.24) is 4.98 Å². The van der Waals surface area contributed by atoms with E-state index in [0.717, 1.165) is 11.1 Å². The fourth-order valence-electron chi connectivity index (χ4n) is 2.17. The number of esters is 1. The Balaban J connectivity index is 2.00. The Hall–Kier alpha value is -2.05. The van der Waals surface area contributed by atoms with Gasteiger partial charge in [-0.3, -0.25) is 4.79 Å². The molecule has 0 spiro atoms. The van der Waals surface area contributed by atoms with E-state index in [4.69, 9.17) is 16.3 Å². The van der Waals surface area contributed by atoms with E-state index in [1.807, 2.05) is 26.2 Å². The molecular weight excluding hydrogens is 348 g/mol. The molecule has 0 aliphatic carbocycles. The number of carbonyl (C=O) groups is 2. The zero-order valence-electron chi connectivity index (χ0n) is 13.6. The SMILES string of the molecule is CSc1ncccc1C(=O)OCC(=O)Nc1c(C)cc(C)cc1Cl. The van der Waals surface area contributed by atoms with Crippen molar-refractivity contribution in [3.05, 3.63) is 52.2 Å². The van der Waals surface area contributed by atoms with Crippen LogP contribution in [0.15, 0.2) is 35.5 Å². The van der Waals surface area contributed by atoms with Crippen LogP contribution in [-0.4, -0.2) is 29.7 Å². The van der Waals surface area contributed by atoms with Crippen LogP contribution in [0.1, 0.15) is 21.5 Å². The standard InChI is InChI=1S/C17H17ClN2O3S/c1-10-7-11(2)15(13(18)8-10)20-14(21)9-23-17(22)12-5-4-6-19-16(12)24-3/h4-8H,9H2,1-3H3,(H,20,21). The lowest BCUT2D eigenvalue weighted by Crippen LogP contribution is -2.22. The van der Waals surface area contributed by atoms with Crippen LogP contribution in [0.2, 0.25) is 5.02 Å². The number of hydrogen-bond donors (Lipinski definition) is 1. The van der Waals surface area contributed by atoms with Gasteiger partial charge in [0.05, 0.1) is 16.3 Å². The van der Waals surface area contributed by atoms with Gasteiger partial charge in [-0.2, -0.15) is 0 Å². The van der Waals surface area contributed by atoms with E-state index in [-0.39, 0.29) is 0 Å². The lowest BCUT2D eigenvalue weighted by molar-refractivity contribution is -0.119. The van der Waals surface area contributed by atoms with Crippen molar-refractivity contribution in [1.29, 1.82) is 0 Å². The molecule has 0 fully saturated rings. The molecule has 1 aromatic heterocycles. The molecule has 126 valence electrons. The molecule has 1 aromatic carbocycles. The van der Waals surface area contributed by atoms with Crippen LogP contribution in [0.25, 0.3) is 0 Å². The van der Waals surface area contributed by atoms with E-state index in [1.165, 1.54) is 11.8 Å². The van der Waals surface area contributed by atoms with Crippen LogP contribution < -0.4 is 5.32 Å². The summed E-state index contributed by atoms with van der Waals surface area (Å²) in [7, 11) is 0. The van der Waals surface area contributed by atoms with Gasteiger partial charge in [0.25, 0.3) is 5.91 Å². The number of rotatable bonds is 5. The molecule has 0 aliphatic rings. The van der Waals surface area contributed by atoms with Gasteiger partial charge in [0.1, 0.15) is 5.03 Å². The number of ether oxygens (including phenoxy) is 1. The maximum Gasteiger partial charge on any atom is 0.341 e. The molecule has 0 saturated heterocycles. The first-order chi connectivity index (χ1) is 11.4. The highest BCUT2D eigenvalue weighted by Gasteiger charge is 2.16. The summed E-state index contributed by atoms with van der Waals surface area (Å²) in [5.41, 5.74) is 2.71. The van der Waals surface area contributed by atoms with Crippen LogP contribution >= 0.6 is 23.4 Å². The second-order valence-electron chi connectivity index (χ2n) is 5.12.